The van der Waals surface area contributed by atoms with Gasteiger partial charge in [0.25, 0.3) is 0 Å². The Bertz CT molecular complexity index is 565. The van der Waals surface area contributed by atoms with Crippen LogP contribution in [0.5, 0.6) is 0 Å². The van der Waals surface area contributed by atoms with Crippen LogP contribution >= 0.6 is 11.3 Å². The number of methoxy groups -OCH3 is 1. The van der Waals surface area contributed by atoms with Crippen LogP contribution < -0.4 is 0 Å². The molecule has 1 aliphatic rings. The molecule has 2 aromatic heterocycles. The van der Waals surface area contributed by atoms with Crippen LogP contribution in [-0.2, 0) is 16.0 Å². The van der Waals surface area contributed by atoms with E-state index in [0.29, 0.717) is 12.5 Å². The lowest BCUT2D eigenvalue weighted by atomic mass is 10.2. The third-order valence-corrected chi connectivity index (χ3v) is 4.29. The maximum absolute atomic E-state index is 5.79. The van der Waals surface area contributed by atoms with Crippen molar-refractivity contribution in [3.05, 3.63) is 28.3 Å². The number of oxazole rings is 1. The Morgan fingerprint density at radius 2 is 2.43 bits per heavy atom. The number of nitrogens with zero attached hydrogens (tertiary/aromatic N) is 2. The van der Waals surface area contributed by atoms with Crippen LogP contribution in [0.25, 0.3) is 11.5 Å². The molecule has 3 rings (SSSR count). The molecule has 0 aromatic carbocycles. The fraction of sp³-hybridized carbons (Fsp3) is 0.533. The minimum Gasteiger partial charge on any atom is -0.441 e. The highest BCUT2D eigenvalue weighted by Gasteiger charge is 2.22. The van der Waals surface area contributed by atoms with Crippen LogP contribution in [-0.4, -0.2) is 49.4 Å². The van der Waals surface area contributed by atoms with Gasteiger partial charge in [0.1, 0.15) is 5.76 Å². The largest absolute Gasteiger partial charge is 0.441 e. The highest BCUT2D eigenvalue weighted by molar-refractivity contribution is 7.08. The predicted octanol–water partition coefficient (Wildman–Crippen LogP) is 2.56. The van der Waals surface area contributed by atoms with E-state index in [1.54, 1.807) is 18.4 Å². The number of hydrogen-bond acceptors (Lipinski definition) is 6. The lowest BCUT2D eigenvalue weighted by Crippen LogP contribution is -2.43. The Labute approximate surface area is 128 Å². The molecule has 0 aliphatic carbocycles. The van der Waals surface area contributed by atoms with E-state index in [4.69, 9.17) is 13.9 Å². The van der Waals surface area contributed by atoms with Gasteiger partial charge in [-0.25, -0.2) is 4.98 Å². The molecule has 1 unspecified atom stereocenters. The van der Waals surface area contributed by atoms with Gasteiger partial charge in [-0.15, -0.1) is 0 Å². The summed E-state index contributed by atoms with van der Waals surface area (Å²) in [5.41, 5.74) is 2.06. The molecule has 5 nitrogen and oxygen atoms in total. The standard InChI is InChI=1S/C15H20N2O3S/c1-11-14(16-15(20-11)12-3-6-21-10-12)8-17-4-5-19-13(7-17)9-18-2/h3,6,10,13H,4-5,7-9H2,1-2H3. The van der Waals surface area contributed by atoms with Gasteiger partial charge in [0, 0.05) is 37.7 Å². The molecule has 6 heteroatoms. The first-order valence-electron chi connectivity index (χ1n) is 7.08. The number of rotatable bonds is 5. The average Bonchev–Trinajstić information content (AvgIpc) is 3.10. The van der Waals surface area contributed by atoms with Crippen LogP contribution in [0, 0.1) is 6.92 Å². The monoisotopic (exact) mass is 308 g/mol. The number of aryl methyl sites for hydroxylation is 1. The molecule has 1 saturated heterocycles. The quantitative estimate of drug-likeness (QED) is 0.849. The first kappa shape index (κ1) is 14.7. The summed E-state index contributed by atoms with van der Waals surface area (Å²) in [6.07, 6.45) is 0.146. The van der Waals surface area contributed by atoms with Crippen molar-refractivity contribution in [2.75, 3.05) is 33.4 Å². The summed E-state index contributed by atoms with van der Waals surface area (Å²) in [6.45, 7) is 5.93. The minimum atomic E-state index is 0.146. The maximum atomic E-state index is 5.79. The Hall–Kier alpha value is -1.21. The number of aromatic nitrogens is 1. The van der Waals surface area contributed by atoms with Crippen molar-refractivity contribution in [3.63, 3.8) is 0 Å². The summed E-state index contributed by atoms with van der Waals surface area (Å²) < 4.78 is 16.6. The van der Waals surface area contributed by atoms with Crippen molar-refractivity contribution >= 4 is 11.3 Å². The molecule has 0 spiro atoms. The first-order chi connectivity index (χ1) is 10.3. The Kier molecular flexibility index (Phi) is 4.70. The lowest BCUT2D eigenvalue weighted by molar-refractivity contribution is -0.0634. The van der Waals surface area contributed by atoms with E-state index in [1.165, 1.54) is 0 Å². The number of morpholine rings is 1. The molecule has 0 N–H and O–H groups in total. The van der Waals surface area contributed by atoms with Crippen molar-refractivity contribution in [2.24, 2.45) is 0 Å². The molecule has 0 bridgehead atoms. The number of thiophene rings is 1. The summed E-state index contributed by atoms with van der Waals surface area (Å²) in [5.74, 6) is 1.61. The normalized spacial score (nSPS) is 20.0. The van der Waals surface area contributed by atoms with E-state index in [9.17, 15) is 0 Å². The van der Waals surface area contributed by atoms with Gasteiger partial charge in [-0.1, -0.05) is 0 Å². The zero-order chi connectivity index (χ0) is 14.7. The van der Waals surface area contributed by atoms with Crippen molar-refractivity contribution < 1.29 is 13.9 Å². The molecule has 1 atom stereocenters. The zero-order valence-electron chi connectivity index (χ0n) is 12.4. The SMILES string of the molecule is COCC1CN(Cc2nc(-c3ccsc3)oc2C)CCO1. The summed E-state index contributed by atoms with van der Waals surface area (Å²) in [4.78, 5) is 6.99. The highest BCUT2D eigenvalue weighted by Crippen LogP contribution is 2.24. The van der Waals surface area contributed by atoms with Crippen molar-refractivity contribution in [1.82, 2.24) is 9.88 Å². The molecule has 0 amide bonds. The number of hydrogen-bond donors (Lipinski definition) is 0. The van der Waals surface area contributed by atoms with E-state index >= 15 is 0 Å². The van der Waals surface area contributed by atoms with Gasteiger partial charge in [-0.2, -0.15) is 11.3 Å². The lowest BCUT2D eigenvalue weighted by Gasteiger charge is -2.32. The van der Waals surface area contributed by atoms with Gasteiger partial charge < -0.3 is 13.9 Å². The van der Waals surface area contributed by atoms with Crippen LogP contribution in [0.3, 0.4) is 0 Å². The van der Waals surface area contributed by atoms with Crippen molar-refractivity contribution in [3.8, 4) is 11.5 Å². The Morgan fingerprint density at radius 3 is 3.19 bits per heavy atom. The smallest absolute Gasteiger partial charge is 0.227 e. The molecule has 1 fully saturated rings. The van der Waals surface area contributed by atoms with Crippen LogP contribution in [0.15, 0.2) is 21.2 Å². The molecule has 1 aliphatic heterocycles. The maximum Gasteiger partial charge on any atom is 0.227 e. The second-order valence-electron chi connectivity index (χ2n) is 5.22. The van der Waals surface area contributed by atoms with Gasteiger partial charge in [0.15, 0.2) is 0 Å². The van der Waals surface area contributed by atoms with E-state index in [1.807, 2.05) is 18.4 Å². The Morgan fingerprint density at radius 1 is 1.52 bits per heavy atom. The third-order valence-electron chi connectivity index (χ3n) is 3.61. The van der Waals surface area contributed by atoms with Gasteiger partial charge in [-0.3, -0.25) is 4.90 Å². The molecule has 2 aromatic rings. The first-order valence-corrected chi connectivity index (χ1v) is 8.02. The topological polar surface area (TPSA) is 47.7 Å². The molecular formula is C15H20N2O3S. The molecule has 0 radical (unpaired) electrons. The fourth-order valence-corrected chi connectivity index (χ4v) is 3.14. The molecule has 3 heterocycles. The highest BCUT2D eigenvalue weighted by atomic mass is 32.1. The van der Waals surface area contributed by atoms with Gasteiger partial charge in [0.2, 0.25) is 5.89 Å². The van der Waals surface area contributed by atoms with E-state index in [0.717, 1.165) is 43.3 Å². The summed E-state index contributed by atoms with van der Waals surface area (Å²) in [5, 5.41) is 4.09. The molecule has 21 heavy (non-hydrogen) atoms. The fourth-order valence-electron chi connectivity index (χ4n) is 2.51. The molecular weight excluding hydrogens is 288 g/mol. The molecule has 0 saturated carbocycles. The predicted molar refractivity (Wildman–Crippen MR) is 81.4 cm³/mol. The summed E-state index contributed by atoms with van der Waals surface area (Å²) >= 11 is 1.65. The third kappa shape index (κ3) is 3.52. The van der Waals surface area contributed by atoms with Crippen molar-refractivity contribution in [1.29, 1.82) is 0 Å². The second kappa shape index (κ2) is 6.70. The van der Waals surface area contributed by atoms with Crippen molar-refractivity contribution in [2.45, 2.75) is 19.6 Å². The van der Waals surface area contributed by atoms with Crippen LogP contribution in [0.2, 0.25) is 0 Å². The second-order valence-corrected chi connectivity index (χ2v) is 6.00. The van der Waals surface area contributed by atoms with E-state index < -0.39 is 0 Å². The molecule has 114 valence electrons. The van der Waals surface area contributed by atoms with E-state index in [2.05, 4.69) is 15.3 Å². The number of ether oxygens (including phenoxy) is 2. The summed E-state index contributed by atoms with van der Waals surface area (Å²) in [7, 11) is 1.71. The minimum absolute atomic E-state index is 0.146. The average molecular weight is 308 g/mol. The van der Waals surface area contributed by atoms with Gasteiger partial charge >= 0.3 is 0 Å². The Balaban J connectivity index is 1.67. The van der Waals surface area contributed by atoms with E-state index in [-0.39, 0.29) is 6.10 Å². The van der Waals surface area contributed by atoms with Gasteiger partial charge in [0.05, 0.1) is 25.0 Å². The summed E-state index contributed by atoms with van der Waals surface area (Å²) in [6, 6.07) is 2.03. The van der Waals surface area contributed by atoms with Crippen LogP contribution in [0.1, 0.15) is 11.5 Å². The zero-order valence-corrected chi connectivity index (χ0v) is 13.2. The van der Waals surface area contributed by atoms with Crippen LogP contribution in [0.4, 0.5) is 0 Å². The van der Waals surface area contributed by atoms with Gasteiger partial charge in [-0.05, 0) is 18.4 Å².